The van der Waals surface area contributed by atoms with E-state index in [1.165, 1.54) is 0 Å². The molecule has 0 aliphatic rings. The van der Waals surface area contributed by atoms with Crippen molar-refractivity contribution in [3.05, 3.63) is 69.3 Å². The molecule has 0 saturated carbocycles. The number of nitrogens with zero attached hydrogens (tertiary/aromatic N) is 2. The largest absolute Gasteiger partial charge is 0.352 e. The van der Waals surface area contributed by atoms with Gasteiger partial charge in [-0.1, -0.05) is 59.1 Å². The molecular formula is C17H14Cl3N3. The highest BCUT2D eigenvalue weighted by molar-refractivity contribution is 6.42. The van der Waals surface area contributed by atoms with Gasteiger partial charge in [0.25, 0.3) is 0 Å². The van der Waals surface area contributed by atoms with Crippen LogP contribution in [0.5, 0.6) is 0 Å². The van der Waals surface area contributed by atoms with Gasteiger partial charge in [0.1, 0.15) is 0 Å². The van der Waals surface area contributed by atoms with Gasteiger partial charge in [0.2, 0.25) is 5.95 Å². The fraction of sp³-hybridized carbons (Fsp3) is 0.118. The third-order valence-electron chi connectivity index (χ3n) is 3.58. The Morgan fingerprint density at radius 2 is 1.87 bits per heavy atom. The van der Waals surface area contributed by atoms with Crippen molar-refractivity contribution >= 4 is 40.8 Å². The van der Waals surface area contributed by atoms with Crippen LogP contribution in [0.2, 0.25) is 15.1 Å². The molecule has 0 spiro atoms. The second-order valence-electron chi connectivity index (χ2n) is 5.10. The first-order chi connectivity index (χ1) is 11.1. The van der Waals surface area contributed by atoms with E-state index in [0.717, 1.165) is 22.8 Å². The van der Waals surface area contributed by atoms with Crippen molar-refractivity contribution in [2.24, 2.45) is 7.05 Å². The maximum absolute atomic E-state index is 6.20. The molecule has 3 nitrogen and oxygen atoms in total. The zero-order chi connectivity index (χ0) is 16.4. The van der Waals surface area contributed by atoms with Gasteiger partial charge in [-0.25, -0.2) is 4.98 Å². The van der Waals surface area contributed by atoms with Gasteiger partial charge in [-0.3, -0.25) is 0 Å². The summed E-state index contributed by atoms with van der Waals surface area (Å²) in [4.78, 5) is 4.42. The molecule has 118 valence electrons. The minimum atomic E-state index is 0.541. The summed E-state index contributed by atoms with van der Waals surface area (Å²) in [6, 6.07) is 13.3. The fourth-order valence-corrected chi connectivity index (χ4v) is 2.93. The second kappa shape index (κ2) is 6.83. The molecular weight excluding hydrogens is 353 g/mol. The first kappa shape index (κ1) is 16.2. The summed E-state index contributed by atoms with van der Waals surface area (Å²) in [6.07, 6.45) is 1.81. The van der Waals surface area contributed by atoms with Crippen LogP contribution in [0.4, 0.5) is 5.95 Å². The molecule has 0 aliphatic carbocycles. The van der Waals surface area contributed by atoms with Crippen molar-refractivity contribution in [1.82, 2.24) is 9.55 Å². The van der Waals surface area contributed by atoms with Gasteiger partial charge < -0.3 is 9.88 Å². The molecule has 0 fully saturated rings. The van der Waals surface area contributed by atoms with Crippen LogP contribution < -0.4 is 5.32 Å². The zero-order valence-corrected chi connectivity index (χ0v) is 14.6. The quantitative estimate of drug-likeness (QED) is 0.645. The molecule has 1 aromatic heterocycles. The van der Waals surface area contributed by atoms with E-state index in [9.17, 15) is 0 Å². The number of imidazole rings is 1. The minimum Gasteiger partial charge on any atom is -0.352 e. The molecule has 6 heteroatoms. The Kier molecular flexibility index (Phi) is 4.81. The van der Waals surface area contributed by atoms with E-state index in [0.29, 0.717) is 21.6 Å². The lowest BCUT2D eigenvalue weighted by atomic mass is 10.2. The van der Waals surface area contributed by atoms with Crippen LogP contribution in [0.25, 0.3) is 11.3 Å². The number of rotatable bonds is 4. The van der Waals surface area contributed by atoms with E-state index in [4.69, 9.17) is 34.8 Å². The van der Waals surface area contributed by atoms with Gasteiger partial charge in [0.05, 0.1) is 21.9 Å². The van der Waals surface area contributed by atoms with Crippen LogP contribution in [-0.4, -0.2) is 9.55 Å². The Labute approximate surface area is 149 Å². The van der Waals surface area contributed by atoms with Crippen molar-refractivity contribution in [3.63, 3.8) is 0 Å². The molecule has 0 saturated heterocycles. The predicted molar refractivity (Wildman–Crippen MR) is 97.4 cm³/mol. The van der Waals surface area contributed by atoms with Crippen molar-refractivity contribution in [1.29, 1.82) is 0 Å². The summed E-state index contributed by atoms with van der Waals surface area (Å²) in [5.74, 6) is 0.746. The molecule has 0 aliphatic heterocycles. The summed E-state index contributed by atoms with van der Waals surface area (Å²) in [6.45, 7) is 0.541. The van der Waals surface area contributed by atoms with E-state index in [-0.39, 0.29) is 0 Å². The molecule has 0 bridgehead atoms. The van der Waals surface area contributed by atoms with Crippen molar-refractivity contribution in [3.8, 4) is 11.3 Å². The molecule has 0 unspecified atom stereocenters. The minimum absolute atomic E-state index is 0.541. The maximum atomic E-state index is 6.20. The number of benzene rings is 2. The molecule has 0 atom stereocenters. The van der Waals surface area contributed by atoms with Gasteiger partial charge in [0, 0.05) is 24.2 Å². The molecule has 2 aromatic carbocycles. The lowest BCUT2D eigenvalue weighted by molar-refractivity contribution is 0.907. The molecule has 3 aromatic rings. The van der Waals surface area contributed by atoms with E-state index in [1.54, 1.807) is 6.07 Å². The second-order valence-corrected chi connectivity index (χ2v) is 6.32. The van der Waals surface area contributed by atoms with Gasteiger partial charge >= 0.3 is 0 Å². The average molecular weight is 367 g/mol. The highest BCUT2D eigenvalue weighted by Crippen LogP contribution is 2.27. The standard InChI is InChI=1S/C17H14Cl3N3/c1-23-15(11-4-2-6-13(18)8-11)10-22-17(23)21-9-12-5-3-7-14(19)16(12)20/h2-8,10H,9H2,1H3,(H,21,22). The third kappa shape index (κ3) is 3.47. The lowest BCUT2D eigenvalue weighted by Gasteiger charge is -2.10. The Morgan fingerprint density at radius 3 is 2.65 bits per heavy atom. The SMILES string of the molecule is Cn1c(-c2cccc(Cl)c2)cnc1NCc1cccc(Cl)c1Cl. The van der Waals surface area contributed by atoms with Crippen LogP contribution in [0.15, 0.2) is 48.7 Å². The van der Waals surface area contributed by atoms with Crippen molar-refractivity contribution in [2.45, 2.75) is 6.54 Å². The smallest absolute Gasteiger partial charge is 0.203 e. The number of nitrogens with one attached hydrogen (secondary N) is 1. The Morgan fingerprint density at radius 1 is 1.09 bits per heavy atom. The van der Waals surface area contributed by atoms with Crippen LogP contribution in [0.3, 0.4) is 0 Å². The van der Waals surface area contributed by atoms with Crippen LogP contribution in [-0.2, 0) is 13.6 Å². The van der Waals surface area contributed by atoms with E-state index < -0.39 is 0 Å². The number of anilines is 1. The number of hydrogen-bond acceptors (Lipinski definition) is 2. The summed E-state index contributed by atoms with van der Waals surface area (Å²) in [5, 5.41) is 5.08. The number of hydrogen-bond donors (Lipinski definition) is 1. The molecule has 23 heavy (non-hydrogen) atoms. The topological polar surface area (TPSA) is 29.9 Å². The van der Waals surface area contributed by atoms with Gasteiger partial charge in [-0.05, 0) is 23.8 Å². The van der Waals surface area contributed by atoms with E-state index in [1.807, 2.05) is 54.2 Å². The molecule has 3 rings (SSSR count). The van der Waals surface area contributed by atoms with Crippen LogP contribution in [0, 0.1) is 0 Å². The van der Waals surface area contributed by atoms with Gasteiger partial charge in [-0.2, -0.15) is 0 Å². The summed E-state index contributed by atoms with van der Waals surface area (Å²) in [5.41, 5.74) is 2.92. The Balaban J connectivity index is 1.81. The maximum Gasteiger partial charge on any atom is 0.203 e. The Bertz CT molecular complexity index is 843. The van der Waals surface area contributed by atoms with E-state index >= 15 is 0 Å². The number of aromatic nitrogens is 2. The first-order valence-electron chi connectivity index (χ1n) is 7.00. The summed E-state index contributed by atoms with van der Waals surface area (Å²) < 4.78 is 1.98. The van der Waals surface area contributed by atoms with Crippen molar-refractivity contribution < 1.29 is 0 Å². The Hall–Kier alpha value is -1.68. The third-order valence-corrected chi connectivity index (χ3v) is 4.67. The molecule has 1 N–H and O–H groups in total. The van der Waals surface area contributed by atoms with Crippen LogP contribution in [0.1, 0.15) is 5.56 Å². The highest BCUT2D eigenvalue weighted by atomic mass is 35.5. The van der Waals surface area contributed by atoms with Gasteiger partial charge in [0.15, 0.2) is 0 Å². The molecule has 1 heterocycles. The number of halogens is 3. The lowest BCUT2D eigenvalue weighted by Crippen LogP contribution is -2.06. The van der Waals surface area contributed by atoms with Crippen LogP contribution >= 0.6 is 34.8 Å². The highest BCUT2D eigenvalue weighted by Gasteiger charge is 2.10. The summed E-state index contributed by atoms with van der Waals surface area (Å²) >= 11 is 18.3. The normalized spacial score (nSPS) is 10.8. The van der Waals surface area contributed by atoms with Crippen molar-refractivity contribution in [2.75, 3.05) is 5.32 Å². The van der Waals surface area contributed by atoms with E-state index in [2.05, 4.69) is 10.3 Å². The average Bonchev–Trinajstić information content (AvgIpc) is 2.90. The fourth-order valence-electron chi connectivity index (χ4n) is 2.35. The molecule has 0 amide bonds. The molecule has 0 radical (unpaired) electrons. The van der Waals surface area contributed by atoms with Gasteiger partial charge in [-0.15, -0.1) is 0 Å². The monoisotopic (exact) mass is 365 g/mol. The zero-order valence-electron chi connectivity index (χ0n) is 12.4. The first-order valence-corrected chi connectivity index (χ1v) is 8.14. The predicted octanol–water partition coefficient (Wildman–Crippen LogP) is 5.66. The summed E-state index contributed by atoms with van der Waals surface area (Å²) in [7, 11) is 1.95.